The Morgan fingerprint density at radius 1 is 1.50 bits per heavy atom. The van der Waals surface area contributed by atoms with Gasteiger partial charge in [-0.05, 0) is 22.9 Å². The summed E-state index contributed by atoms with van der Waals surface area (Å²) in [6, 6.07) is 0. The van der Waals surface area contributed by atoms with Crippen LogP contribution in [-0.4, -0.2) is 45.7 Å². The van der Waals surface area contributed by atoms with Crippen LogP contribution in [0.5, 0.6) is 0 Å². The molecular formula is C9H18FN5S. The number of nitrogens with one attached hydrogen (secondary N) is 1. The van der Waals surface area contributed by atoms with Crippen LogP contribution in [0.15, 0.2) is 5.16 Å². The largest absolute Gasteiger partial charge is 0.315 e. The standard InChI is InChI=1S/C9H18FN5S/c1-8(2)7-11-4-5-15-9(12-13-14-15)16-6-3-10/h8,11H,3-7H2,1-2H3. The van der Waals surface area contributed by atoms with Crippen molar-refractivity contribution in [2.75, 3.05) is 25.5 Å². The lowest BCUT2D eigenvalue weighted by molar-refractivity contribution is 0.481. The lowest BCUT2D eigenvalue weighted by atomic mass is 10.2. The van der Waals surface area contributed by atoms with Gasteiger partial charge in [-0.2, -0.15) is 0 Å². The Morgan fingerprint density at radius 3 is 3.00 bits per heavy atom. The van der Waals surface area contributed by atoms with Gasteiger partial charge in [0.25, 0.3) is 0 Å². The smallest absolute Gasteiger partial charge is 0.209 e. The summed E-state index contributed by atoms with van der Waals surface area (Å²) in [4.78, 5) is 0. The van der Waals surface area contributed by atoms with Gasteiger partial charge in [-0.1, -0.05) is 25.6 Å². The van der Waals surface area contributed by atoms with Gasteiger partial charge < -0.3 is 5.32 Å². The van der Waals surface area contributed by atoms with E-state index in [2.05, 4.69) is 34.7 Å². The van der Waals surface area contributed by atoms with Crippen molar-refractivity contribution in [3.05, 3.63) is 0 Å². The van der Waals surface area contributed by atoms with Crippen molar-refractivity contribution in [3.63, 3.8) is 0 Å². The maximum absolute atomic E-state index is 12.0. The van der Waals surface area contributed by atoms with Gasteiger partial charge in [0.1, 0.15) is 0 Å². The maximum atomic E-state index is 12.0. The van der Waals surface area contributed by atoms with E-state index >= 15 is 0 Å². The van der Waals surface area contributed by atoms with Gasteiger partial charge in [0.15, 0.2) is 0 Å². The summed E-state index contributed by atoms with van der Waals surface area (Å²) >= 11 is 1.34. The Bertz CT molecular complexity index is 291. The highest BCUT2D eigenvalue weighted by atomic mass is 32.2. The predicted molar refractivity (Wildman–Crippen MR) is 62.2 cm³/mol. The minimum Gasteiger partial charge on any atom is -0.315 e. The first-order valence-electron chi connectivity index (χ1n) is 5.39. The Labute approximate surface area is 99.2 Å². The van der Waals surface area contributed by atoms with E-state index in [1.807, 2.05) is 0 Å². The van der Waals surface area contributed by atoms with Crippen LogP contribution >= 0.6 is 11.8 Å². The van der Waals surface area contributed by atoms with Crippen molar-refractivity contribution in [3.8, 4) is 0 Å². The molecule has 0 atom stereocenters. The third-order valence-corrected chi connectivity index (χ3v) is 2.77. The number of hydrogen-bond donors (Lipinski definition) is 1. The van der Waals surface area contributed by atoms with E-state index in [0.29, 0.717) is 23.4 Å². The number of alkyl halides is 1. The summed E-state index contributed by atoms with van der Waals surface area (Å²) in [6.45, 7) is 6.48. The van der Waals surface area contributed by atoms with Crippen molar-refractivity contribution < 1.29 is 4.39 Å². The van der Waals surface area contributed by atoms with E-state index in [9.17, 15) is 4.39 Å². The summed E-state index contributed by atoms with van der Waals surface area (Å²) < 4.78 is 13.7. The first-order chi connectivity index (χ1) is 7.74. The summed E-state index contributed by atoms with van der Waals surface area (Å²) in [5, 5.41) is 15.3. The fraction of sp³-hybridized carbons (Fsp3) is 0.889. The summed E-state index contributed by atoms with van der Waals surface area (Å²) in [6.07, 6.45) is 0. The first kappa shape index (κ1) is 13.4. The van der Waals surface area contributed by atoms with Gasteiger partial charge in [0.05, 0.1) is 13.2 Å². The molecule has 0 aliphatic carbocycles. The second-order valence-corrected chi connectivity index (χ2v) is 4.88. The number of rotatable bonds is 8. The molecule has 0 saturated heterocycles. The molecule has 0 fully saturated rings. The van der Waals surface area contributed by atoms with Crippen molar-refractivity contribution in [2.24, 2.45) is 5.92 Å². The van der Waals surface area contributed by atoms with Gasteiger partial charge in [-0.3, -0.25) is 4.39 Å². The Morgan fingerprint density at radius 2 is 2.31 bits per heavy atom. The molecule has 0 unspecified atom stereocenters. The van der Waals surface area contributed by atoms with Crippen LogP contribution in [0.2, 0.25) is 0 Å². The van der Waals surface area contributed by atoms with E-state index in [1.54, 1.807) is 4.68 Å². The number of hydrogen-bond acceptors (Lipinski definition) is 5. The Hall–Kier alpha value is -0.690. The number of nitrogens with zero attached hydrogens (tertiary/aromatic N) is 4. The van der Waals surface area contributed by atoms with Crippen molar-refractivity contribution in [1.82, 2.24) is 25.5 Å². The zero-order valence-corrected chi connectivity index (χ0v) is 10.5. The van der Waals surface area contributed by atoms with Crippen LogP contribution in [0, 0.1) is 5.92 Å². The number of halogens is 1. The zero-order valence-electron chi connectivity index (χ0n) is 9.69. The molecule has 92 valence electrons. The van der Waals surface area contributed by atoms with E-state index in [4.69, 9.17) is 0 Å². The van der Waals surface area contributed by atoms with Crippen LogP contribution in [0.25, 0.3) is 0 Å². The lowest BCUT2D eigenvalue weighted by Crippen LogP contribution is -2.24. The van der Waals surface area contributed by atoms with Crippen LogP contribution < -0.4 is 5.32 Å². The normalized spacial score (nSPS) is 11.2. The van der Waals surface area contributed by atoms with Gasteiger partial charge in [-0.25, -0.2) is 4.68 Å². The van der Waals surface area contributed by atoms with Crippen molar-refractivity contribution in [2.45, 2.75) is 25.5 Å². The highest BCUT2D eigenvalue weighted by Crippen LogP contribution is 2.12. The quantitative estimate of drug-likeness (QED) is 0.548. The number of aromatic nitrogens is 4. The van der Waals surface area contributed by atoms with Crippen LogP contribution in [0.4, 0.5) is 4.39 Å². The predicted octanol–water partition coefficient (Wildman–Crippen LogP) is 0.980. The van der Waals surface area contributed by atoms with Gasteiger partial charge in [0.2, 0.25) is 5.16 Å². The molecule has 1 rings (SSSR count). The Balaban J connectivity index is 2.27. The summed E-state index contributed by atoms with van der Waals surface area (Å²) in [5.74, 6) is 1.04. The van der Waals surface area contributed by atoms with Gasteiger partial charge in [0, 0.05) is 12.3 Å². The minimum atomic E-state index is -0.358. The molecule has 0 aromatic carbocycles. The average molecular weight is 247 g/mol. The Kier molecular flexibility index (Phi) is 6.32. The lowest BCUT2D eigenvalue weighted by Gasteiger charge is -2.07. The molecule has 0 bridgehead atoms. The second-order valence-electron chi connectivity index (χ2n) is 3.82. The SMILES string of the molecule is CC(C)CNCCn1nnnc1SCCF. The molecular weight excluding hydrogens is 229 g/mol. The summed E-state index contributed by atoms with van der Waals surface area (Å²) in [7, 11) is 0. The third-order valence-electron chi connectivity index (χ3n) is 1.86. The highest BCUT2D eigenvalue weighted by molar-refractivity contribution is 7.99. The fourth-order valence-electron chi connectivity index (χ4n) is 1.15. The molecule has 0 radical (unpaired) electrons. The van der Waals surface area contributed by atoms with E-state index in [-0.39, 0.29) is 6.67 Å². The van der Waals surface area contributed by atoms with Crippen molar-refractivity contribution >= 4 is 11.8 Å². The molecule has 1 aromatic heterocycles. The fourth-order valence-corrected chi connectivity index (χ4v) is 1.78. The average Bonchev–Trinajstić information content (AvgIpc) is 2.69. The monoisotopic (exact) mass is 247 g/mol. The molecule has 0 aliphatic heterocycles. The van der Waals surface area contributed by atoms with E-state index < -0.39 is 0 Å². The highest BCUT2D eigenvalue weighted by Gasteiger charge is 2.05. The van der Waals surface area contributed by atoms with Gasteiger partial charge >= 0.3 is 0 Å². The third kappa shape index (κ3) is 4.89. The molecule has 5 nitrogen and oxygen atoms in total. The number of tetrazole rings is 1. The molecule has 1 aromatic rings. The molecule has 1 N–H and O–H groups in total. The van der Waals surface area contributed by atoms with Crippen LogP contribution in [0.1, 0.15) is 13.8 Å². The van der Waals surface area contributed by atoms with Crippen LogP contribution in [0.3, 0.4) is 0 Å². The zero-order chi connectivity index (χ0) is 11.8. The second kappa shape index (κ2) is 7.56. The molecule has 0 saturated carbocycles. The summed E-state index contributed by atoms with van der Waals surface area (Å²) in [5.41, 5.74) is 0. The van der Waals surface area contributed by atoms with E-state index in [0.717, 1.165) is 13.1 Å². The molecule has 16 heavy (non-hydrogen) atoms. The maximum Gasteiger partial charge on any atom is 0.209 e. The molecule has 7 heteroatoms. The number of thioether (sulfide) groups is 1. The van der Waals surface area contributed by atoms with Crippen molar-refractivity contribution in [1.29, 1.82) is 0 Å². The molecule has 1 heterocycles. The molecule has 0 amide bonds. The topological polar surface area (TPSA) is 55.6 Å². The van der Waals surface area contributed by atoms with E-state index in [1.165, 1.54) is 11.8 Å². The molecule has 0 aliphatic rings. The molecule has 0 spiro atoms. The van der Waals surface area contributed by atoms with Crippen LogP contribution in [-0.2, 0) is 6.54 Å². The minimum absolute atomic E-state index is 0.358. The van der Waals surface area contributed by atoms with Gasteiger partial charge in [-0.15, -0.1) is 5.10 Å². The first-order valence-corrected chi connectivity index (χ1v) is 6.38.